The summed E-state index contributed by atoms with van der Waals surface area (Å²) < 4.78 is 2.71. The molecule has 90 valence electrons. The summed E-state index contributed by atoms with van der Waals surface area (Å²) in [6.45, 7) is 2.07. The fourth-order valence-electron chi connectivity index (χ4n) is 2.07. The highest BCUT2D eigenvalue weighted by atomic mass is 35.5. The highest BCUT2D eigenvalue weighted by Gasteiger charge is 2.06. The molecule has 1 heterocycles. The Hall–Kier alpha value is -1.58. The summed E-state index contributed by atoms with van der Waals surface area (Å²) >= 11 is 11.3. The van der Waals surface area contributed by atoms with E-state index < -0.39 is 0 Å². The van der Waals surface area contributed by atoms with Crippen LogP contribution in [0.25, 0.3) is 16.7 Å². The molecule has 2 aromatic carbocycles. The summed E-state index contributed by atoms with van der Waals surface area (Å²) in [4.78, 5) is 3.23. The molecule has 0 radical (unpaired) electrons. The standard InChI is InChI=1S/C14H11ClN2S/c1-9-2-7-13-12(8-9)16-14(18)17(13)11-5-3-10(15)4-6-11/h2-8H,1H3,(H,16,18). The molecule has 0 aliphatic rings. The molecule has 0 saturated heterocycles. The Morgan fingerprint density at radius 3 is 2.56 bits per heavy atom. The summed E-state index contributed by atoms with van der Waals surface area (Å²) in [5.41, 5.74) is 4.35. The summed E-state index contributed by atoms with van der Waals surface area (Å²) in [5, 5.41) is 0.723. The van der Waals surface area contributed by atoms with Crippen molar-refractivity contribution in [2.75, 3.05) is 0 Å². The highest BCUT2D eigenvalue weighted by Crippen LogP contribution is 2.21. The zero-order valence-corrected chi connectivity index (χ0v) is 11.3. The van der Waals surface area contributed by atoms with E-state index in [0.29, 0.717) is 4.77 Å². The van der Waals surface area contributed by atoms with Crippen LogP contribution in [0, 0.1) is 11.7 Å². The number of H-pyrrole nitrogens is 1. The van der Waals surface area contributed by atoms with Gasteiger partial charge in [0.15, 0.2) is 4.77 Å². The van der Waals surface area contributed by atoms with E-state index in [2.05, 4.69) is 30.1 Å². The molecular formula is C14H11ClN2S. The lowest BCUT2D eigenvalue weighted by Crippen LogP contribution is -1.93. The molecule has 0 aliphatic heterocycles. The van der Waals surface area contributed by atoms with Gasteiger partial charge >= 0.3 is 0 Å². The van der Waals surface area contributed by atoms with E-state index in [9.17, 15) is 0 Å². The van der Waals surface area contributed by atoms with Gasteiger partial charge < -0.3 is 4.98 Å². The summed E-state index contributed by atoms with van der Waals surface area (Å²) in [6.07, 6.45) is 0. The third kappa shape index (κ3) is 1.85. The van der Waals surface area contributed by atoms with E-state index in [4.69, 9.17) is 23.8 Å². The lowest BCUT2D eigenvalue weighted by Gasteiger charge is -2.04. The van der Waals surface area contributed by atoms with Crippen molar-refractivity contribution in [1.82, 2.24) is 9.55 Å². The molecule has 2 nitrogen and oxygen atoms in total. The van der Waals surface area contributed by atoms with Crippen molar-refractivity contribution in [1.29, 1.82) is 0 Å². The maximum absolute atomic E-state index is 5.91. The van der Waals surface area contributed by atoms with Crippen LogP contribution in [0.15, 0.2) is 42.5 Å². The average molecular weight is 275 g/mol. The molecule has 0 aliphatic carbocycles. The predicted molar refractivity (Wildman–Crippen MR) is 78.2 cm³/mol. The molecule has 0 bridgehead atoms. The highest BCUT2D eigenvalue weighted by molar-refractivity contribution is 7.71. The molecule has 1 aromatic heterocycles. The largest absolute Gasteiger partial charge is 0.330 e. The average Bonchev–Trinajstić information content (AvgIpc) is 2.65. The van der Waals surface area contributed by atoms with Crippen molar-refractivity contribution in [2.24, 2.45) is 0 Å². The fraction of sp³-hybridized carbons (Fsp3) is 0.0714. The first-order chi connectivity index (χ1) is 8.65. The maximum Gasteiger partial charge on any atom is 0.182 e. The molecule has 0 saturated carbocycles. The SMILES string of the molecule is Cc1ccc2c(c1)[nH]c(=S)n2-c1ccc(Cl)cc1. The molecule has 0 atom stereocenters. The first kappa shape index (κ1) is 11.5. The van der Waals surface area contributed by atoms with E-state index in [-0.39, 0.29) is 0 Å². The van der Waals surface area contributed by atoms with Crippen LogP contribution >= 0.6 is 23.8 Å². The van der Waals surface area contributed by atoms with E-state index in [1.807, 2.05) is 28.8 Å². The van der Waals surface area contributed by atoms with Crippen molar-refractivity contribution in [3.63, 3.8) is 0 Å². The van der Waals surface area contributed by atoms with E-state index >= 15 is 0 Å². The molecule has 0 unspecified atom stereocenters. The minimum Gasteiger partial charge on any atom is -0.330 e. The predicted octanol–water partition coefficient (Wildman–Crippen LogP) is 4.65. The Morgan fingerprint density at radius 2 is 1.83 bits per heavy atom. The third-order valence-electron chi connectivity index (χ3n) is 2.92. The normalized spacial score (nSPS) is 11.0. The van der Waals surface area contributed by atoms with Gasteiger partial charge in [0.05, 0.1) is 11.0 Å². The molecule has 0 fully saturated rings. The van der Waals surface area contributed by atoms with Gasteiger partial charge in [0, 0.05) is 10.7 Å². The van der Waals surface area contributed by atoms with E-state index in [1.54, 1.807) is 0 Å². The van der Waals surface area contributed by atoms with Gasteiger partial charge in [0.25, 0.3) is 0 Å². The fourth-order valence-corrected chi connectivity index (χ4v) is 2.51. The Kier molecular flexibility index (Phi) is 2.73. The number of aromatic amines is 1. The number of hydrogen-bond donors (Lipinski definition) is 1. The number of imidazole rings is 1. The lowest BCUT2D eigenvalue weighted by atomic mass is 10.2. The Bertz CT molecular complexity index is 769. The van der Waals surface area contributed by atoms with Gasteiger partial charge in [-0.2, -0.15) is 0 Å². The number of hydrogen-bond acceptors (Lipinski definition) is 1. The number of halogens is 1. The second-order valence-corrected chi connectivity index (χ2v) is 5.09. The third-order valence-corrected chi connectivity index (χ3v) is 3.46. The molecule has 0 amide bonds. The van der Waals surface area contributed by atoms with Gasteiger partial charge in [-0.15, -0.1) is 0 Å². The number of rotatable bonds is 1. The lowest BCUT2D eigenvalue weighted by molar-refractivity contribution is 1.06. The number of fused-ring (bicyclic) bond motifs is 1. The first-order valence-electron chi connectivity index (χ1n) is 5.62. The molecule has 3 aromatic rings. The van der Waals surface area contributed by atoms with Crippen molar-refractivity contribution in [2.45, 2.75) is 6.92 Å². The summed E-state index contributed by atoms with van der Waals surface area (Å²) in [7, 11) is 0. The number of aromatic nitrogens is 2. The Labute approximate surface area is 115 Å². The van der Waals surface area contributed by atoms with Crippen LogP contribution in [-0.4, -0.2) is 9.55 Å². The van der Waals surface area contributed by atoms with Crippen molar-refractivity contribution in [3.05, 3.63) is 57.8 Å². The molecule has 0 spiro atoms. The number of benzene rings is 2. The number of aryl methyl sites for hydroxylation is 1. The molecule has 18 heavy (non-hydrogen) atoms. The van der Waals surface area contributed by atoms with Crippen LogP contribution in [-0.2, 0) is 0 Å². The van der Waals surface area contributed by atoms with Gasteiger partial charge in [-0.3, -0.25) is 4.57 Å². The van der Waals surface area contributed by atoms with Gasteiger partial charge in [-0.1, -0.05) is 17.7 Å². The minimum atomic E-state index is 0.693. The minimum absolute atomic E-state index is 0.693. The summed E-state index contributed by atoms with van der Waals surface area (Å²) in [6, 6.07) is 13.9. The van der Waals surface area contributed by atoms with Crippen LogP contribution < -0.4 is 0 Å². The van der Waals surface area contributed by atoms with Crippen LogP contribution in [0.5, 0.6) is 0 Å². The number of nitrogens with one attached hydrogen (secondary N) is 1. The summed E-state index contributed by atoms with van der Waals surface area (Å²) in [5.74, 6) is 0. The van der Waals surface area contributed by atoms with Crippen molar-refractivity contribution >= 4 is 34.9 Å². The van der Waals surface area contributed by atoms with Gasteiger partial charge in [-0.05, 0) is 61.1 Å². The van der Waals surface area contributed by atoms with E-state index in [0.717, 1.165) is 21.7 Å². The second kappa shape index (κ2) is 4.26. The van der Waals surface area contributed by atoms with Gasteiger partial charge in [-0.25, -0.2) is 0 Å². The first-order valence-corrected chi connectivity index (χ1v) is 6.41. The van der Waals surface area contributed by atoms with Crippen molar-refractivity contribution in [3.8, 4) is 5.69 Å². The van der Waals surface area contributed by atoms with Crippen LogP contribution in [0.2, 0.25) is 5.02 Å². The van der Waals surface area contributed by atoms with Crippen LogP contribution in [0.1, 0.15) is 5.56 Å². The molecule has 1 N–H and O–H groups in total. The molecule has 3 rings (SSSR count). The quantitative estimate of drug-likeness (QED) is 0.641. The number of nitrogens with zero attached hydrogens (tertiary/aromatic N) is 1. The molecular weight excluding hydrogens is 264 g/mol. The Morgan fingerprint density at radius 1 is 1.11 bits per heavy atom. The molecule has 4 heteroatoms. The second-order valence-electron chi connectivity index (χ2n) is 4.26. The van der Waals surface area contributed by atoms with Gasteiger partial charge in [0.2, 0.25) is 0 Å². The Balaban J connectivity index is 2.32. The van der Waals surface area contributed by atoms with E-state index in [1.165, 1.54) is 5.56 Å². The zero-order chi connectivity index (χ0) is 12.7. The smallest absolute Gasteiger partial charge is 0.182 e. The zero-order valence-electron chi connectivity index (χ0n) is 9.77. The van der Waals surface area contributed by atoms with Gasteiger partial charge in [0.1, 0.15) is 0 Å². The maximum atomic E-state index is 5.91. The monoisotopic (exact) mass is 274 g/mol. The van der Waals surface area contributed by atoms with Crippen molar-refractivity contribution < 1.29 is 0 Å². The van der Waals surface area contributed by atoms with Crippen LogP contribution in [0.4, 0.5) is 0 Å². The topological polar surface area (TPSA) is 20.7 Å². The van der Waals surface area contributed by atoms with Crippen LogP contribution in [0.3, 0.4) is 0 Å².